The molecule has 2 rings (SSSR count). The Kier molecular flexibility index (Phi) is 6.15. The first-order chi connectivity index (χ1) is 10.7. The molecule has 0 spiro atoms. The van der Waals surface area contributed by atoms with Crippen LogP contribution in [0.1, 0.15) is 35.2 Å². The van der Waals surface area contributed by atoms with Crippen LogP contribution in [0, 0.1) is 0 Å². The number of Topliss-reactive ketones (excluding diaryl/α,β-unsaturated/α-hetero) is 1. The van der Waals surface area contributed by atoms with Crippen LogP contribution in [0.2, 0.25) is 0 Å². The SMILES string of the molecule is COC(=O)C=Cc1ccc2c(c1)C(=O)CCCNCCCO2. The van der Waals surface area contributed by atoms with E-state index in [-0.39, 0.29) is 5.78 Å². The molecule has 1 N–H and O–H groups in total. The van der Waals surface area contributed by atoms with Gasteiger partial charge in [0.05, 0.1) is 19.3 Å². The number of ketones is 1. The fraction of sp³-hybridized carbons (Fsp3) is 0.412. The van der Waals surface area contributed by atoms with E-state index < -0.39 is 5.97 Å². The standard InChI is InChI=1S/C17H21NO4/c1-21-17(20)8-6-13-5-7-16-14(12-13)15(19)4-2-9-18-10-3-11-22-16/h5-8,12,18H,2-4,9-11H2,1H3. The lowest BCUT2D eigenvalue weighted by Gasteiger charge is -2.11. The molecule has 5 nitrogen and oxygen atoms in total. The highest BCUT2D eigenvalue weighted by molar-refractivity contribution is 5.99. The number of fused-ring (bicyclic) bond motifs is 1. The summed E-state index contributed by atoms with van der Waals surface area (Å²) >= 11 is 0. The molecule has 1 aromatic rings. The number of ether oxygens (including phenoxy) is 2. The third-order valence-electron chi connectivity index (χ3n) is 3.43. The zero-order chi connectivity index (χ0) is 15.8. The number of methoxy groups -OCH3 is 1. The molecule has 118 valence electrons. The maximum atomic E-state index is 12.4. The summed E-state index contributed by atoms with van der Waals surface area (Å²) in [5.41, 5.74) is 1.35. The third-order valence-corrected chi connectivity index (χ3v) is 3.43. The van der Waals surface area contributed by atoms with Crippen LogP contribution in [-0.4, -0.2) is 38.6 Å². The Balaban J connectivity index is 2.23. The summed E-state index contributed by atoms with van der Waals surface area (Å²) < 4.78 is 10.3. The van der Waals surface area contributed by atoms with E-state index in [0.717, 1.165) is 31.5 Å². The molecule has 0 fully saturated rings. The van der Waals surface area contributed by atoms with E-state index in [4.69, 9.17) is 4.74 Å². The average Bonchev–Trinajstić information content (AvgIpc) is 2.58. The van der Waals surface area contributed by atoms with Gasteiger partial charge in [-0.25, -0.2) is 4.79 Å². The summed E-state index contributed by atoms with van der Waals surface area (Å²) in [5, 5.41) is 3.29. The zero-order valence-corrected chi connectivity index (χ0v) is 12.8. The maximum Gasteiger partial charge on any atom is 0.330 e. The van der Waals surface area contributed by atoms with Crippen molar-refractivity contribution in [3.63, 3.8) is 0 Å². The first-order valence-electron chi connectivity index (χ1n) is 7.47. The summed E-state index contributed by atoms with van der Waals surface area (Å²) in [6, 6.07) is 5.38. The van der Waals surface area contributed by atoms with Crippen LogP contribution in [0.15, 0.2) is 24.3 Å². The molecule has 1 heterocycles. The van der Waals surface area contributed by atoms with Crippen molar-refractivity contribution >= 4 is 17.8 Å². The van der Waals surface area contributed by atoms with Gasteiger partial charge in [0.25, 0.3) is 0 Å². The normalized spacial score (nSPS) is 16.5. The molecule has 22 heavy (non-hydrogen) atoms. The summed E-state index contributed by atoms with van der Waals surface area (Å²) in [5.74, 6) is 0.249. The van der Waals surface area contributed by atoms with Crippen LogP contribution in [0.25, 0.3) is 6.08 Å². The number of esters is 1. The molecular weight excluding hydrogens is 282 g/mol. The lowest BCUT2D eigenvalue weighted by atomic mass is 10.0. The molecule has 0 aromatic heterocycles. The van der Waals surface area contributed by atoms with Crippen LogP contribution in [0.4, 0.5) is 0 Å². The fourth-order valence-electron chi connectivity index (χ4n) is 2.24. The van der Waals surface area contributed by atoms with Crippen molar-refractivity contribution in [1.82, 2.24) is 5.32 Å². The van der Waals surface area contributed by atoms with E-state index in [1.54, 1.807) is 18.2 Å². The van der Waals surface area contributed by atoms with Crippen LogP contribution in [0.5, 0.6) is 5.75 Å². The first kappa shape index (κ1) is 16.2. The predicted octanol–water partition coefficient (Wildman–Crippen LogP) is 2.21. The highest BCUT2D eigenvalue weighted by atomic mass is 16.5. The molecule has 5 heteroatoms. The fourth-order valence-corrected chi connectivity index (χ4v) is 2.24. The number of hydrogen-bond donors (Lipinski definition) is 1. The second-order valence-corrected chi connectivity index (χ2v) is 5.09. The Hall–Kier alpha value is -2.14. The van der Waals surface area contributed by atoms with Gasteiger partial charge < -0.3 is 14.8 Å². The van der Waals surface area contributed by atoms with Crippen molar-refractivity contribution in [3.8, 4) is 5.75 Å². The third kappa shape index (κ3) is 4.70. The molecule has 0 atom stereocenters. The van der Waals surface area contributed by atoms with Crippen molar-refractivity contribution in [2.45, 2.75) is 19.3 Å². The zero-order valence-electron chi connectivity index (χ0n) is 12.8. The molecule has 0 bridgehead atoms. The Morgan fingerprint density at radius 2 is 2.14 bits per heavy atom. The van der Waals surface area contributed by atoms with Crippen LogP contribution in [0.3, 0.4) is 0 Å². The molecule has 0 saturated carbocycles. The molecule has 1 aliphatic heterocycles. The predicted molar refractivity (Wildman–Crippen MR) is 84.0 cm³/mol. The summed E-state index contributed by atoms with van der Waals surface area (Å²) in [6.45, 7) is 2.30. The van der Waals surface area contributed by atoms with Crippen LogP contribution in [-0.2, 0) is 9.53 Å². The van der Waals surface area contributed by atoms with E-state index in [1.165, 1.54) is 13.2 Å². The van der Waals surface area contributed by atoms with Crippen LogP contribution >= 0.6 is 0 Å². The topological polar surface area (TPSA) is 64.6 Å². The van der Waals surface area contributed by atoms with E-state index in [2.05, 4.69) is 10.1 Å². The summed E-state index contributed by atoms with van der Waals surface area (Å²) in [7, 11) is 1.33. The molecular formula is C17H21NO4. The van der Waals surface area contributed by atoms with Crippen molar-refractivity contribution < 1.29 is 19.1 Å². The number of carbonyl (C=O) groups is 2. The number of carbonyl (C=O) groups excluding carboxylic acids is 2. The van der Waals surface area contributed by atoms with Crippen molar-refractivity contribution in [3.05, 3.63) is 35.4 Å². The van der Waals surface area contributed by atoms with Gasteiger partial charge in [-0.15, -0.1) is 0 Å². The van der Waals surface area contributed by atoms with E-state index in [0.29, 0.717) is 24.3 Å². The highest BCUT2D eigenvalue weighted by Crippen LogP contribution is 2.23. The summed E-state index contributed by atoms with van der Waals surface area (Å²) in [4.78, 5) is 23.5. The quantitative estimate of drug-likeness (QED) is 0.670. The van der Waals surface area contributed by atoms with Gasteiger partial charge in [-0.05, 0) is 49.7 Å². The van der Waals surface area contributed by atoms with E-state index in [9.17, 15) is 9.59 Å². The van der Waals surface area contributed by atoms with Crippen LogP contribution < -0.4 is 10.1 Å². The number of nitrogens with one attached hydrogen (secondary N) is 1. The first-order valence-corrected chi connectivity index (χ1v) is 7.47. The monoisotopic (exact) mass is 303 g/mol. The molecule has 0 unspecified atom stereocenters. The Bertz CT molecular complexity index is 566. The molecule has 0 aliphatic carbocycles. The van der Waals surface area contributed by atoms with Gasteiger partial charge in [-0.1, -0.05) is 6.07 Å². The van der Waals surface area contributed by atoms with Gasteiger partial charge in [0.1, 0.15) is 5.75 Å². The lowest BCUT2D eigenvalue weighted by molar-refractivity contribution is -0.134. The maximum absolute atomic E-state index is 12.4. The minimum Gasteiger partial charge on any atom is -0.493 e. The van der Waals surface area contributed by atoms with Gasteiger partial charge in [0.2, 0.25) is 0 Å². The second kappa shape index (κ2) is 8.34. The van der Waals surface area contributed by atoms with Gasteiger partial charge in [0.15, 0.2) is 5.78 Å². The van der Waals surface area contributed by atoms with Crippen molar-refractivity contribution in [1.29, 1.82) is 0 Å². The van der Waals surface area contributed by atoms with Gasteiger partial charge >= 0.3 is 5.97 Å². The highest BCUT2D eigenvalue weighted by Gasteiger charge is 2.14. The van der Waals surface area contributed by atoms with Crippen molar-refractivity contribution in [2.24, 2.45) is 0 Å². The van der Waals surface area contributed by atoms with E-state index in [1.807, 2.05) is 6.07 Å². The molecule has 0 radical (unpaired) electrons. The molecule has 0 amide bonds. The van der Waals surface area contributed by atoms with Gasteiger partial charge in [-0.3, -0.25) is 4.79 Å². The second-order valence-electron chi connectivity index (χ2n) is 5.09. The molecule has 0 saturated heterocycles. The van der Waals surface area contributed by atoms with E-state index >= 15 is 0 Å². The molecule has 1 aromatic carbocycles. The van der Waals surface area contributed by atoms with Gasteiger partial charge in [-0.2, -0.15) is 0 Å². The Morgan fingerprint density at radius 1 is 1.32 bits per heavy atom. The minimum absolute atomic E-state index is 0.0621. The minimum atomic E-state index is -0.426. The molecule has 1 aliphatic rings. The summed E-state index contributed by atoms with van der Waals surface area (Å²) in [6.07, 6.45) is 5.15. The average molecular weight is 303 g/mol. The Morgan fingerprint density at radius 3 is 2.95 bits per heavy atom. The van der Waals surface area contributed by atoms with Gasteiger partial charge in [0, 0.05) is 12.5 Å². The Labute approximate surface area is 130 Å². The number of rotatable bonds is 2. The lowest BCUT2D eigenvalue weighted by Crippen LogP contribution is -2.18. The smallest absolute Gasteiger partial charge is 0.330 e. The van der Waals surface area contributed by atoms with Crippen molar-refractivity contribution in [2.75, 3.05) is 26.8 Å². The number of hydrogen-bond acceptors (Lipinski definition) is 5. The largest absolute Gasteiger partial charge is 0.493 e. The number of benzene rings is 1.